The zero-order valence-corrected chi connectivity index (χ0v) is 10.6. The Morgan fingerprint density at radius 3 is 2.14 bits per heavy atom. The molecule has 0 spiro atoms. The van der Waals surface area contributed by atoms with Crippen LogP contribution >= 0.6 is 7.37 Å². The number of hydrogen-bond donors (Lipinski definition) is 0. The van der Waals surface area contributed by atoms with Crippen LogP contribution in [0.25, 0.3) is 0 Å². The first kappa shape index (κ1) is 12.3. The van der Waals surface area contributed by atoms with Crippen molar-refractivity contribution in [2.45, 2.75) is 40.0 Å². The molecule has 0 aromatic carbocycles. The second-order valence-electron chi connectivity index (χ2n) is 4.70. The van der Waals surface area contributed by atoms with Crippen LogP contribution in [0.2, 0.25) is 0 Å². The van der Waals surface area contributed by atoms with E-state index in [4.69, 9.17) is 4.52 Å². The van der Waals surface area contributed by atoms with E-state index in [0.29, 0.717) is 18.4 Å². The summed E-state index contributed by atoms with van der Waals surface area (Å²) in [4.78, 5) is 0. The van der Waals surface area contributed by atoms with Crippen molar-refractivity contribution in [3.63, 3.8) is 0 Å². The van der Waals surface area contributed by atoms with Gasteiger partial charge in [-0.05, 0) is 38.0 Å². The maximum absolute atomic E-state index is 12.3. The lowest BCUT2D eigenvalue weighted by Gasteiger charge is -2.26. The first-order chi connectivity index (χ1) is 6.56. The highest BCUT2D eigenvalue weighted by Crippen LogP contribution is 2.50. The summed E-state index contributed by atoms with van der Waals surface area (Å²) in [5.41, 5.74) is 0. The molecule has 0 aliphatic carbocycles. The molecule has 2 atom stereocenters. The first-order valence-electron chi connectivity index (χ1n) is 5.78. The zero-order valence-electron chi connectivity index (χ0n) is 9.66. The second-order valence-corrected chi connectivity index (χ2v) is 7.48. The van der Waals surface area contributed by atoms with Crippen molar-refractivity contribution in [3.8, 4) is 0 Å². The second kappa shape index (κ2) is 5.32. The molecular formula is C11H23O2P. The van der Waals surface area contributed by atoms with E-state index in [1.54, 1.807) is 0 Å². The number of rotatable bonds is 2. The smallest absolute Gasteiger partial charge is 0.203 e. The minimum Gasteiger partial charge on any atom is -0.329 e. The molecule has 84 valence electrons. The van der Waals surface area contributed by atoms with Crippen molar-refractivity contribution in [1.82, 2.24) is 0 Å². The van der Waals surface area contributed by atoms with Gasteiger partial charge in [0, 0.05) is 12.3 Å². The Hall–Kier alpha value is 0.190. The van der Waals surface area contributed by atoms with Crippen molar-refractivity contribution in [3.05, 3.63) is 0 Å². The number of hydrogen-bond acceptors (Lipinski definition) is 2. The molecule has 0 aromatic rings. The fourth-order valence-corrected chi connectivity index (χ4v) is 4.85. The minimum absolute atomic E-state index is 0.597. The van der Waals surface area contributed by atoms with Crippen LogP contribution in [0.1, 0.15) is 40.0 Å². The highest BCUT2D eigenvalue weighted by molar-refractivity contribution is 7.58. The molecule has 0 amide bonds. The molecule has 0 saturated carbocycles. The van der Waals surface area contributed by atoms with Gasteiger partial charge < -0.3 is 4.52 Å². The first-order valence-corrected chi connectivity index (χ1v) is 7.78. The highest BCUT2D eigenvalue weighted by atomic mass is 31.2. The van der Waals surface area contributed by atoms with Gasteiger partial charge in [0.1, 0.15) is 0 Å². The van der Waals surface area contributed by atoms with Crippen LogP contribution in [0, 0.1) is 11.8 Å². The largest absolute Gasteiger partial charge is 0.329 e. The fourth-order valence-electron chi connectivity index (χ4n) is 2.23. The van der Waals surface area contributed by atoms with Gasteiger partial charge in [-0.15, -0.1) is 0 Å². The highest BCUT2D eigenvalue weighted by Gasteiger charge is 2.27. The lowest BCUT2D eigenvalue weighted by atomic mass is 9.93. The van der Waals surface area contributed by atoms with Gasteiger partial charge in [0.2, 0.25) is 7.37 Å². The summed E-state index contributed by atoms with van der Waals surface area (Å²) in [6, 6.07) is 0. The van der Waals surface area contributed by atoms with Crippen molar-refractivity contribution in [1.29, 1.82) is 0 Å². The third kappa shape index (κ3) is 3.74. The van der Waals surface area contributed by atoms with Gasteiger partial charge >= 0.3 is 0 Å². The molecule has 2 nitrogen and oxygen atoms in total. The lowest BCUT2D eigenvalue weighted by Crippen LogP contribution is -2.13. The molecule has 1 fully saturated rings. The van der Waals surface area contributed by atoms with Gasteiger partial charge in [0.25, 0.3) is 0 Å². The molecule has 1 aliphatic rings. The van der Waals surface area contributed by atoms with Crippen LogP contribution < -0.4 is 0 Å². The fraction of sp³-hybridized carbons (Fsp3) is 1.00. The molecule has 1 heterocycles. The molecule has 1 saturated heterocycles. The third-order valence-corrected chi connectivity index (χ3v) is 5.70. The summed E-state index contributed by atoms with van der Waals surface area (Å²) in [6.45, 7) is 7.06. The molecule has 0 radical (unpaired) electrons. The van der Waals surface area contributed by atoms with Crippen LogP contribution in [0.5, 0.6) is 0 Å². The molecular weight excluding hydrogens is 195 g/mol. The predicted molar refractivity (Wildman–Crippen MR) is 61.1 cm³/mol. The van der Waals surface area contributed by atoms with Crippen LogP contribution in [0.3, 0.4) is 0 Å². The van der Waals surface area contributed by atoms with Crippen LogP contribution in [-0.4, -0.2) is 18.9 Å². The van der Waals surface area contributed by atoms with Gasteiger partial charge in [-0.25, -0.2) is 0 Å². The summed E-state index contributed by atoms with van der Waals surface area (Å²) in [7, 11) is -2.26. The Labute approximate surface area is 87.9 Å². The van der Waals surface area contributed by atoms with Gasteiger partial charge in [-0.1, -0.05) is 13.8 Å². The Morgan fingerprint density at radius 1 is 1.21 bits per heavy atom. The average Bonchev–Trinajstić information content (AvgIpc) is 2.11. The lowest BCUT2D eigenvalue weighted by molar-refractivity contribution is 0.313. The van der Waals surface area contributed by atoms with Crippen LogP contribution in [0.15, 0.2) is 0 Å². The standard InChI is InChI=1S/C11H23O2P/c1-4-13-14(12)7-5-10(2)9-11(3)6-8-14/h10-11H,4-9H2,1-3H3. The summed E-state index contributed by atoms with van der Waals surface area (Å²) in [6.07, 6.45) is 5.03. The monoisotopic (exact) mass is 218 g/mol. The molecule has 1 rings (SSSR count). The van der Waals surface area contributed by atoms with Gasteiger partial charge in [-0.3, -0.25) is 4.57 Å². The maximum Gasteiger partial charge on any atom is 0.203 e. The van der Waals surface area contributed by atoms with E-state index >= 15 is 0 Å². The summed E-state index contributed by atoms with van der Waals surface area (Å²) >= 11 is 0. The summed E-state index contributed by atoms with van der Waals surface area (Å²) in [5, 5.41) is 0. The summed E-state index contributed by atoms with van der Waals surface area (Å²) < 4.78 is 17.7. The molecule has 2 unspecified atom stereocenters. The minimum atomic E-state index is -2.26. The maximum atomic E-state index is 12.3. The Kier molecular flexibility index (Phi) is 4.66. The molecule has 0 N–H and O–H groups in total. The van der Waals surface area contributed by atoms with E-state index < -0.39 is 7.37 Å². The van der Waals surface area contributed by atoms with Gasteiger partial charge in [-0.2, -0.15) is 0 Å². The topological polar surface area (TPSA) is 26.3 Å². The van der Waals surface area contributed by atoms with E-state index in [9.17, 15) is 4.57 Å². The van der Waals surface area contributed by atoms with Crippen molar-refractivity contribution < 1.29 is 9.09 Å². The molecule has 0 aromatic heterocycles. The van der Waals surface area contributed by atoms with Crippen molar-refractivity contribution in [2.24, 2.45) is 11.8 Å². The van der Waals surface area contributed by atoms with Crippen LogP contribution in [-0.2, 0) is 9.09 Å². The molecule has 3 heteroatoms. The molecule has 1 aliphatic heterocycles. The van der Waals surface area contributed by atoms with Gasteiger partial charge in [0.15, 0.2) is 0 Å². The normalized spacial score (nSPS) is 40.2. The Bertz CT molecular complexity index is 199. The quantitative estimate of drug-likeness (QED) is 0.660. The van der Waals surface area contributed by atoms with E-state index in [1.807, 2.05) is 6.92 Å². The van der Waals surface area contributed by atoms with E-state index in [1.165, 1.54) is 6.42 Å². The third-order valence-electron chi connectivity index (χ3n) is 3.09. The molecule has 14 heavy (non-hydrogen) atoms. The Balaban J connectivity index is 2.57. The molecule has 0 bridgehead atoms. The zero-order chi connectivity index (χ0) is 10.6. The van der Waals surface area contributed by atoms with Crippen molar-refractivity contribution >= 4 is 7.37 Å². The van der Waals surface area contributed by atoms with E-state index in [-0.39, 0.29) is 0 Å². The SMILES string of the molecule is CCOP1(=O)CCC(C)CC(C)CC1. The average molecular weight is 218 g/mol. The van der Waals surface area contributed by atoms with Gasteiger partial charge in [0.05, 0.1) is 6.61 Å². The van der Waals surface area contributed by atoms with Crippen molar-refractivity contribution in [2.75, 3.05) is 18.9 Å². The van der Waals surface area contributed by atoms with E-state index in [0.717, 1.165) is 25.2 Å². The summed E-state index contributed by atoms with van der Waals surface area (Å²) in [5.74, 6) is 1.41. The van der Waals surface area contributed by atoms with E-state index in [2.05, 4.69) is 13.8 Å². The predicted octanol–water partition coefficient (Wildman–Crippen LogP) is 3.76. The Morgan fingerprint density at radius 2 is 1.71 bits per heavy atom. The van der Waals surface area contributed by atoms with Crippen LogP contribution in [0.4, 0.5) is 0 Å².